The molecule has 0 aliphatic carbocycles. The second-order valence-corrected chi connectivity index (χ2v) is 13.0. The molecule has 1 aromatic rings. The van der Waals surface area contributed by atoms with Crippen LogP contribution in [0.4, 0.5) is 22.0 Å². The zero-order chi connectivity index (χ0) is 31.8. The van der Waals surface area contributed by atoms with Crippen molar-refractivity contribution in [1.29, 1.82) is 0 Å². The molecule has 1 unspecified atom stereocenters. The smallest absolute Gasteiger partial charge is 0.416 e. The molecule has 0 fully saturated rings. The van der Waals surface area contributed by atoms with Crippen molar-refractivity contribution in [3.8, 4) is 0 Å². The maximum Gasteiger partial charge on any atom is 0.416 e. The predicted molar refractivity (Wildman–Crippen MR) is 164 cm³/mol. The average molecular weight is 621 g/mol. The molecule has 3 N–H and O–H groups in total. The molecule has 2 rings (SSSR count). The third kappa shape index (κ3) is 14.9. The summed E-state index contributed by atoms with van der Waals surface area (Å²) in [4.78, 5) is 13.4. The van der Waals surface area contributed by atoms with Gasteiger partial charge in [0.05, 0.1) is 11.1 Å². The number of rotatable bonds is 16. The van der Waals surface area contributed by atoms with Crippen molar-refractivity contribution >= 4 is 17.7 Å². The number of hydrogen-bond donors (Lipinski definition) is 2. The van der Waals surface area contributed by atoms with Crippen molar-refractivity contribution in [1.82, 2.24) is 4.90 Å². The summed E-state index contributed by atoms with van der Waals surface area (Å²) in [5.74, 6) is -4.73. The highest BCUT2D eigenvalue weighted by Crippen LogP contribution is 2.38. The highest BCUT2D eigenvalue weighted by atomic mass is 32.2. The van der Waals surface area contributed by atoms with Crippen molar-refractivity contribution < 1.29 is 31.9 Å². The van der Waals surface area contributed by atoms with Gasteiger partial charge in [-0.15, -0.1) is 11.8 Å². The Morgan fingerprint density at radius 2 is 1.55 bits per heavy atom. The van der Waals surface area contributed by atoms with Gasteiger partial charge in [0.25, 0.3) is 5.92 Å². The summed E-state index contributed by atoms with van der Waals surface area (Å²) < 4.78 is 67.7. The first-order chi connectivity index (χ1) is 19.6. The topological polar surface area (TPSA) is 66.6 Å². The monoisotopic (exact) mass is 620 g/mol. The fourth-order valence-corrected chi connectivity index (χ4v) is 5.58. The number of carboxylic acid groups (broad SMARTS) is 1. The summed E-state index contributed by atoms with van der Waals surface area (Å²) in [6.45, 7) is 9.82. The Morgan fingerprint density at radius 3 is 2.10 bits per heavy atom. The van der Waals surface area contributed by atoms with Crippen molar-refractivity contribution in [2.24, 2.45) is 11.1 Å². The normalized spacial score (nSPS) is 15.7. The summed E-state index contributed by atoms with van der Waals surface area (Å²) in [5.41, 5.74) is 3.65. The number of unbranched alkanes of at least 4 members (excludes halogenated alkanes) is 7. The molecule has 0 amide bonds. The molecule has 0 bridgehead atoms. The Balaban J connectivity index is 0.000000679. The van der Waals surface area contributed by atoms with Gasteiger partial charge in [0, 0.05) is 30.5 Å². The summed E-state index contributed by atoms with van der Waals surface area (Å²) >= 11 is 1.05. The van der Waals surface area contributed by atoms with E-state index >= 15 is 0 Å². The van der Waals surface area contributed by atoms with Crippen LogP contribution in [0.25, 0.3) is 0 Å². The second kappa shape index (κ2) is 18.6. The Morgan fingerprint density at radius 1 is 0.952 bits per heavy atom. The van der Waals surface area contributed by atoms with E-state index in [1.807, 2.05) is 25.7 Å². The minimum Gasteiger partial charge on any atom is -0.478 e. The van der Waals surface area contributed by atoms with Gasteiger partial charge in [-0.3, -0.25) is 0 Å². The first kappa shape index (κ1) is 38.0. The molecule has 240 valence electrons. The van der Waals surface area contributed by atoms with Crippen LogP contribution < -0.4 is 5.73 Å². The van der Waals surface area contributed by atoms with Crippen molar-refractivity contribution in [2.75, 3.05) is 18.8 Å². The highest BCUT2D eigenvalue weighted by molar-refractivity contribution is 8.00. The van der Waals surface area contributed by atoms with Gasteiger partial charge in [-0.1, -0.05) is 84.8 Å². The van der Waals surface area contributed by atoms with E-state index in [4.69, 9.17) is 5.73 Å². The van der Waals surface area contributed by atoms with Crippen LogP contribution in [-0.4, -0.2) is 40.2 Å². The minimum atomic E-state index is -4.70. The lowest BCUT2D eigenvalue weighted by Gasteiger charge is -2.35. The van der Waals surface area contributed by atoms with Crippen molar-refractivity contribution in [2.45, 2.75) is 109 Å². The zero-order valence-electron chi connectivity index (χ0n) is 25.5. The van der Waals surface area contributed by atoms with Crippen LogP contribution in [-0.2, 0) is 16.9 Å². The third-order valence-electron chi connectivity index (χ3n) is 6.85. The van der Waals surface area contributed by atoms with E-state index in [1.165, 1.54) is 57.4 Å². The van der Waals surface area contributed by atoms with Crippen LogP contribution in [0.3, 0.4) is 0 Å². The van der Waals surface area contributed by atoms with E-state index in [0.717, 1.165) is 42.9 Å². The van der Waals surface area contributed by atoms with E-state index in [0.29, 0.717) is 12.6 Å². The Labute approximate surface area is 253 Å². The van der Waals surface area contributed by atoms with Crippen LogP contribution in [0.15, 0.2) is 48.2 Å². The fraction of sp³-hybridized carbons (Fsp3) is 0.656. The number of hydrogen-bond acceptors (Lipinski definition) is 4. The number of halogens is 5. The molecule has 1 aliphatic rings. The van der Waals surface area contributed by atoms with Crippen LogP contribution in [0.2, 0.25) is 0 Å². The standard InChI is InChI=1S/C22H26F5NO2S.C10H23N/c1-20(2,3)9-12-28-11-5-8-17(19(29)30)18(28)31-13-10-21(23,24)15-6-4-7-16(14-15)22(25,26)27;1-2-3-4-5-6-7-8-9-10-11/h4-8,11,14,18H,9-10,12-13H2,1-3H3,(H,29,30);2-11H2,1H3. The minimum absolute atomic E-state index is 0.00410. The quantitative estimate of drug-likeness (QED) is 0.142. The lowest BCUT2D eigenvalue weighted by Crippen LogP contribution is -2.36. The third-order valence-corrected chi connectivity index (χ3v) is 8.13. The molecular formula is C32H49F5N2O2S. The van der Waals surface area contributed by atoms with E-state index in [-0.39, 0.29) is 16.7 Å². The average Bonchev–Trinajstić information content (AvgIpc) is 2.91. The van der Waals surface area contributed by atoms with Gasteiger partial charge in [0.15, 0.2) is 0 Å². The first-order valence-electron chi connectivity index (χ1n) is 14.9. The number of allylic oxidation sites excluding steroid dienone is 2. The molecule has 0 aromatic heterocycles. The maximum atomic E-state index is 14.6. The first-order valence-corrected chi connectivity index (χ1v) is 15.9. The summed E-state index contributed by atoms with van der Waals surface area (Å²) in [6.07, 6.45) is 11.1. The number of carboxylic acids is 1. The number of nitrogens with two attached hydrogens (primary N) is 1. The van der Waals surface area contributed by atoms with Gasteiger partial charge in [0.1, 0.15) is 5.37 Å². The number of carbonyl (C=O) groups is 1. The Hall–Kier alpha value is -2.07. The van der Waals surface area contributed by atoms with Gasteiger partial charge in [-0.2, -0.15) is 13.2 Å². The maximum absolute atomic E-state index is 14.6. The number of benzene rings is 1. The Bertz CT molecular complexity index is 982. The molecule has 4 nitrogen and oxygen atoms in total. The molecule has 0 saturated carbocycles. The van der Waals surface area contributed by atoms with Gasteiger partial charge in [-0.25, -0.2) is 13.6 Å². The molecular weight excluding hydrogens is 571 g/mol. The van der Waals surface area contributed by atoms with Gasteiger partial charge in [-0.05, 0) is 49.1 Å². The van der Waals surface area contributed by atoms with E-state index < -0.39 is 41.0 Å². The van der Waals surface area contributed by atoms with Gasteiger partial charge >= 0.3 is 12.1 Å². The molecule has 1 aromatic carbocycles. The molecule has 1 heterocycles. The van der Waals surface area contributed by atoms with Crippen molar-refractivity contribution in [3.05, 3.63) is 59.3 Å². The molecule has 0 spiro atoms. The summed E-state index contributed by atoms with van der Waals surface area (Å²) in [6, 6.07) is 3.15. The highest BCUT2D eigenvalue weighted by Gasteiger charge is 2.37. The van der Waals surface area contributed by atoms with Crippen LogP contribution >= 0.6 is 11.8 Å². The van der Waals surface area contributed by atoms with Crippen LogP contribution in [0, 0.1) is 5.41 Å². The van der Waals surface area contributed by atoms with E-state index in [9.17, 15) is 31.9 Å². The van der Waals surface area contributed by atoms with Crippen LogP contribution in [0.1, 0.15) is 103 Å². The van der Waals surface area contributed by atoms with E-state index in [1.54, 1.807) is 12.3 Å². The molecule has 0 saturated heterocycles. The predicted octanol–water partition coefficient (Wildman–Crippen LogP) is 9.61. The fourth-order valence-electron chi connectivity index (χ4n) is 4.26. The molecule has 0 radical (unpaired) electrons. The number of alkyl halides is 5. The number of nitrogens with zero attached hydrogens (tertiary/aromatic N) is 1. The number of aliphatic carboxylic acids is 1. The van der Waals surface area contributed by atoms with Crippen LogP contribution in [0.5, 0.6) is 0 Å². The lowest BCUT2D eigenvalue weighted by molar-refractivity contribution is -0.138. The Kier molecular flexibility index (Phi) is 16.8. The molecule has 1 atom stereocenters. The van der Waals surface area contributed by atoms with Crippen molar-refractivity contribution in [3.63, 3.8) is 0 Å². The zero-order valence-corrected chi connectivity index (χ0v) is 26.3. The summed E-state index contributed by atoms with van der Waals surface area (Å²) in [7, 11) is 0. The lowest BCUT2D eigenvalue weighted by atomic mass is 9.92. The number of thioether (sulfide) groups is 1. The molecule has 10 heteroatoms. The summed E-state index contributed by atoms with van der Waals surface area (Å²) in [5, 5.41) is 8.85. The molecule has 1 aliphatic heterocycles. The molecule has 42 heavy (non-hydrogen) atoms. The largest absolute Gasteiger partial charge is 0.478 e. The van der Waals surface area contributed by atoms with E-state index in [2.05, 4.69) is 6.92 Å². The SMILES string of the molecule is CC(C)(C)CCN1C=CC=C(C(=O)O)C1SCCC(F)(F)c1cccc(C(F)(F)F)c1.CCCCCCCCCCN. The second-order valence-electron chi connectivity index (χ2n) is 11.8. The van der Waals surface area contributed by atoms with Gasteiger partial charge in [0.2, 0.25) is 0 Å². The van der Waals surface area contributed by atoms with Gasteiger partial charge < -0.3 is 15.7 Å².